The Hall–Kier alpha value is -4.88. The number of benzene rings is 4. The molecule has 58 heavy (non-hydrogen) atoms. The molecule has 3 heterocycles. The summed E-state index contributed by atoms with van der Waals surface area (Å²) >= 11 is 10.6. The Labute approximate surface area is 352 Å². The quantitative estimate of drug-likeness (QED) is 0.0725. The van der Waals surface area contributed by atoms with Crippen LogP contribution in [0.25, 0.3) is 32.8 Å². The summed E-state index contributed by atoms with van der Waals surface area (Å²) in [6.07, 6.45) is 1.01. The number of aromatic nitrogens is 5. The van der Waals surface area contributed by atoms with Gasteiger partial charge in [-0.15, -0.1) is 23.5 Å². The van der Waals surface area contributed by atoms with Crippen LogP contribution in [0.3, 0.4) is 0 Å². The van der Waals surface area contributed by atoms with Gasteiger partial charge in [0.15, 0.2) is 0 Å². The van der Waals surface area contributed by atoms with Gasteiger partial charge in [-0.2, -0.15) is 10.2 Å². The Kier molecular flexibility index (Phi) is 12.8. The van der Waals surface area contributed by atoms with Crippen LogP contribution in [0.5, 0.6) is 11.5 Å². The maximum atomic E-state index is 13.2. The molecule has 2 N–H and O–H groups in total. The predicted octanol–water partition coefficient (Wildman–Crippen LogP) is 10.1. The summed E-state index contributed by atoms with van der Waals surface area (Å²) in [5.74, 6) is 2.59. The fourth-order valence-electron chi connectivity index (χ4n) is 7.67. The van der Waals surface area contributed by atoms with E-state index >= 15 is 0 Å². The molecule has 0 spiro atoms. The standard InChI is InChI=1S/C45H48ClN5O5S2/c1-27(2)51-32(25-58-34-20-30-10-7-8-11-35(30)40(53)22-34)21-31(47-51)24-57-26-39-41(28(3)50(48-39)23-29-13-15-33(55-5)16-14-29)42-38(46)18-17-37-36(12-9-19-52)44(45(54)56-6)49(4)43(37)42/h7-8,10-11,13-18,20-22,27,52-53H,9,12,19,23-26H2,1-6H3. The molecule has 0 saturated heterocycles. The number of aliphatic hydroxyl groups is 1. The van der Waals surface area contributed by atoms with Crippen molar-refractivity contribution in [3.63, 3.8) is 0 Å². The minimum absolute atomic E-state index is 0.000795. The highest BCUT2D eigenvalue weighted by Crippen LogP contribution is 2.43. The van der Waals surface area contributed by atoms with E-state index in [1.54, 1.807) is 30.6 Å². The molecule has 7 aromatic rings. The SMILES string of the molecule is COC(=O)c1c(CCCO)c2ccc(Cl)c(-c3c(CSCc4cc(CSc5cc(O)c6ccccc6c5)n(C(C)C)n4)nn(Cc4ccc(OC)cc4)c3C)c2n1C. The average molecular weight is 838 g/mol. The van der Waals surface area contributed by atoms with E-state index in [9.17, 15) is 15.0 Å². The third-order valence-corrected chi connectivity index (χ3v) is 12.7. The number of aromatic hydroxyl groups is 1. The van der Waals surface area contributed by atoms with Gasteiger partial charge in [0.05, 0.1) is 42.7 Å². The number of rotatable bonds is 16. The first-order chi connectivity index (χ1) is 28.0. The van der Waals surface area contributed by atoms with Crippen molar-refractivity contribution in [1.82, 2.24) is 24.1 Å². The van der Waals surface area contributed by atoms with E-state index in [0.29, 0.717) is 47.4 Å². The van der Waals surface area contributed by atoms with E-state index in [1.165, 1.54) is 7.11 Å². The molecule has 0 aliphatic heterocycles. The number of hydrogen-bond donors (Lipinski definition) is 2. The number of esters is 1. The molecule has 7 rings (SSSR count). The number of aryl methyl sites for hydroxylation is 2. The van der Waals surface area contributed by atoms with Gasteiger partial charge in [0.2, 0.25) is 0 Å². The first kappa shape index (κ1) is 41.3. The Balaban J connectivity index is 1.22. The molecular formula is C45H48ClN5O5S2. The second-order valence-electron chi connectivity index (χ2n) is 14.5. The zero-order valence-electron chi connectivity index (χ0n) is 33.6. The van der Waals surface area contributed by atoms with Crippen molar-refractivity contribution in [2.75, 3.05) is 20.8 Å². The second kappa shape index (κ2) is 17.9. The minimum Gasteiger partial charge on any atom is -0.507 e. The smallest absolute Gasteiger partial charge is 0.354 e. The molecule has 0 unspecified atom stereocenters. The van der Waals surface area contributed by atoms with Crippen molar-refractivity contribution in [2.24, 2.45) is 7.05 Å². The largest absolute Gasteiger partial charge is 0.507 e. The second-order valence-corrected chi connectivity index (χ2v) is 17.0. The topological polar surface area (TPSA) is 117 Å². The molecule has 4 aromatic carbocycles. The number of fused-ring (bicyclic) bond motifs is 2. The molecule has 3 aromatic heterocycles. The maximum absolute atomic E-state index is 13.2. The van der Waals surface area contributed by atoms with Gasteiger partial charge in [-0.25, -0.2) is 4.79 Å². The first-order valence-electron chi connectivity index (χ1n) is 19.2. The number of methoxy groups -OCH3 is 2. The van der Waals surface area contributed by atoms with Crippen LogP contribution in [0.1, 0.15) is 70.7 Å². The number of aliphatic hydroxyl groups excluding tert-OH is 1. The number of hydrogen-bond acceptors (Lipinski definition) is 9. The van der Waals surface area contributed by atoms with E-state index in [4.69, 9.17) is 31.3 Å². The van der Waals surface area contributed by atoms with Gasteiger partial charge in [0.25, 0.3) is 0 Å². The number of thioether (sulfide) groups is 2. The highest BCUT2D eigenvalue weighted by atomic mass is 35.5. The number of phenols is 1. The molecule has 0 radical (unpaired) electrons. The van der Waals surface area contributed by atoms with Gasteiger partial charge in [-0.05, 0) is 86.5 Å². The van der Waals surface area contributed by atoms with Crippen molar-refractivity contribution in [3.8, 4) is 22.6 Å². The van der Waals surface area contributed by atoms with Gasteiger partial charge < -0.3 is 24.3 Å². The number of carbonyl (C=O) groups is 1. The van der Waals surface area contributed by atoms with Crippen LogP contribution in [0.4, 0.5) is 0 Å². The number of carbonyl (C=O) groups excluding carboxylic acids is 1. The van der Waals surface area contributed by atoms with E-state index in [-0.39, 0.29) is 18.4 Å². The zero-order valence-corrected chi connectivity index (χ0v) is 36.0. The number of nitrogens with zero attached hydrogens (tertiary/aromatic N) is 5. The normalized spacial score (nSPS) is 11.7. The molecule has 0 atom stereocenters. The molecule has 302 valence electrons. The van der Waals surface area contributed by atoms with Crippen LogP contribution >= 0.6 is 35.1 Å². The van der Waals surface area contributed by atoms with Crippen LogP contribution in [0, 0.1) is 6.92 Å². The van der Waals surface area contributed by atoms with Gasteiger partial charge >= 0.3 is 5.97 Å². The Morgan fingerprint density at radius 3 is 2.43 bits per heavy atom. The fraction of sp³-hybridized carbons (Fsp3) is 0.311. The molecule has 13 heteroatoms. The molecule has 10 nitrogen and oxygen atoms in total. The Morgan fingerprint density at radius 1 is 0.931 bits per heavy atom. The fourth-order valence-corrected chi connectivity index (χ4v) is 9.70. The third-order valence-electron chi connectivity index (χ3n) is 10.4. The molecule has 0 saturated carbocycles. The van der Waals surface area contributed by atoms with Crippen molar-refractivity contribution < 1.29 is 24.5 Å². The molecule has 0 fully saturated rings. The summed E-state index contributed by atoms with van der Waals surface area (Å²) in [5, 5.41) is 34.0. The summed E-state index contributed by atoms with van der Waals surface area (Å²) in [6, 6.07) is 26.0. The first-order valence-corrected chi connectivity index (χ1v) is 21.7. The summed E-state index contributed by atoms with van der Waals surface area (Å²) < 4.78 is 16.6. The lowest BCUT2D eigenvalue weighted by atomic mass is 9.98. The molecule has 0 bridgehead atoms. The van der Waals surface area contributed by atoms with E-state index in [0.717, 1.165) is 77.3 Å². The lowest BCUT2D eigenvalue weighted by Crippen LogP contribution is -2.10. The predicted molar refractivity (Wildman–Crippen MR) is 236 cm³/mol. The van der Waals surface area contributed by atoms with Crippen LogP contribution < -0.4 is 4.74 Å². The number of ether oxygens (including phenoxy) is 2. The van der Waals surface area contributed by atoms with Gasteiger partial charge in [-0.1, -0.05) is 54.1 Å². The Morgan fingerprint density at radius 2 is 1.71 bits per heavy atom. The van der Waals surface area contributed by atoms with Gasteiger partial charge in [-0.3, -0.25) is 9.36 Å². The highest BCUT2D eigenvalue weighted by Gasteiger charge is 2.28. The zero-order chi connectivity index (χ0) is 41.1. The van der Waals surface area contributed by atoms with Crippen LogP contribution in [0.15, 0.2) is 83.8 Å². The molecule has 0 amide bonds. The van der Waals surface area contributed by atoms with Crippen molar-refractivity contribution >= 4 is 62.8 Å². The van der Waals surface area contributed by atoms with Gasteiger partial charge in [0.1, 0.15) is 17.2 Å². The summed E-state index contributed by atoms with van der Waals surface area (Å²) in [7, 11) is 4.91. The van der Waals surface area contributed by atoms with E-state index < -0.39 is 5.97 Å². The molecule has 0 aliphatic rings. The van der Waals surface area contributed by atoms with Crippen molar-refractivity contribution in [1.29, 1.82) is 0 Å². The monoisotopic (exact) mass is 837 g/mol. The maximum Gasteiger partial charge on any atom is 0.354 e. The van der Waals surface area contributed by atoms with Crippen LogP contribution in [-0.4, -0.2) is 61.1 Å². The third kappa shape index (κ3) is 8.34. The van der Waals surface area contributed by atoms with E-state index in [1.807, 2.05) is 83.0 Å². The summed E-state index contributed by atoms with van der Waals surface area (Å²) in [4.78, 5) is 14.2. The molecule has 0 aliphatic carbocycles. The summed E-state index contributed by atoms with van der Waals surface area (Å²) in [5.41, 5.74) is 8.79. The van der Waals surface area contributed by atoms with Crippen LogP contribution in [0.2, 0.25) is 5.02 Å². The highest BCUT2D eigenvalue weighted by molar-refractivity contribution is 7.98. The van der Waals surface area contributed by atoms with Gasteiger partial charge in [0, 0.05) is 75.1 Å². The summed E-state index contributed by atoms with van der Waals surface area (Å²) in [6.45, 7) is 6.88. The van der Waals surface area contributed by atoms with Crippen molar-refractivity contribution in [2.45, 2.75) is 68.4 Å². The Bertz CT molecular complexity index is 2600. The molecular weight excluding hydrogens is 790 g/mol. The van der Waals surface area contributed by atoms with E-state index in [2.05, 4.69) is 37.6 Å². The van der Waals surface area contributed by atoms with Crippen molar-refractivity contribution in [3.05, 3.63) is 123 Å². The minimum atomic E-state index is -0.439. The lowest BCUT2D eigenvalue weighted by Gasteiger charge is -2.12. The average Bonchev–Trinajstić information content (AvgIpc) is 3.87. The lowest BCUT2D eigenvalue weighted by molar-refractivity contribution is 0.0589. The number of halogens is 1. The van der Waals surface area contributed by atoms with Crippen LogP contribution in [-0.2, 0) is 42.0 Å². The number of phenolic OH excluding ortho intramolecular Hbond substituents is 1.